The van der Waals surface area contributed by atoms with E-state index in [1.165, 1.54) is 11.1 Å². The van der Waals surface area contributed by atoms with E-state index in [0.717, 1.165) is 135 Å². The van der Waals surface area contributed by atoms with Gasteiger partial charge in [0.1, 0.15) is 23.0 Å². The maximum atomic E-state index is 7.47. The van der Waals surface area contributed by atoms with Crippen LogP contribution in [0.15, 0.2) is 48.6 Å². The molecule has 0 amide bonds. The van der Waals surface area contributed by atoms with Gasteiger partial charge in [-0.05, 0) is 134 Å². The summed E-state index contributed by atoms with van der Waals surface area (Å²) in [5.41, 5.74) is 4.68. The van der Waals surface area contributed by atoms with Gasteiger partial charge in [0.2, 0.25) is 0 Å². The second-order valence-electron chi connectivity index (χ2n) is 17.8. The summed E-state index contributed by atoms with van der Waals surface area (Å²) in [4.78, 5) is 0. The summed E-state index contributed by atoms with van der Waals surface area (Å²) in [7, 11) is 3.33. The molecule has 0 saturated heterocycles. The van der Waals surface area contributed by atoms with Crippen molar-refractivity contribution in [1.29, 1.82) is 0 Å². The molecular weight excluding hydrogens is 777 g/mol. The first-order valence-corrected chi connectivity index (χ1v) is 29.2. The van der Waals surface area contributed by atoms with E-state index in [2.05, 4.69) is 118 Å². The fourth-order valence-electron chi connectivity index (χ4n) is 9.67. The third-order valence-electron chi connectivity index (χ3n) is 14.3. The normalized spacial score (nSPS) is 23.1. The van der Waals surface area contributed by atoms with Gasteiger partial charge in [0.05, 0.1) is 40.6 Å². The molecule has 8 heteroatoms. The summed E-state index contributed by atoms with van der Waals surface area (Å²) < 4.78 is 40.2. The topological polar surface area (TPSA) is 55.4 Å². The maximum absolute atomic E-state index is 7.47. The van der Waals surface area contributed by atoms with Crippen LogP contribution in [0.25, 0.3) is 0 Å². The highest BCUT2D eigenvalue weighted by atomic mass is 28.4. The third kappa shape index (κ3) is 13.2. The van der Waals surface area contributed by atoms with Crippen molar-refractivity contribution in [1.82, 2.24) is 0 Å². The summed E-state index contributed by atoms with van der Waals surface area (Å²) in [6.07, 6.45) is 19.8. The smallest absolute Gasteiger partial charge is 0.192 e. The highest BCUT2D eigenvalue weighted by Crippen LogP contribution is 2.47. The molecule has 4 aliphatic carbocycles. The molecule has 2 aromatic rings. The minimum absolute atomic E-state index is 0.0694. The van der Waals surface area contributed by atoms with Crippen LogP contribution in [0.4, 0.5) is 0 Å². The van der Waals surface area contributed by atoms with Crippen LogP contribution in [-0.2, 0) is 8.85 Å². The lowest BCUT2D eigenvalue weighted by atomic mass is 9.85. The van der Waals surface area contributed by atoms with Crippen LogP contribution < -0.4 is 18.9 Å². The van der Waals surface area contributed by atoms with Crippen LogP contribution in [0.3, 0.4) is 0 Å². The molecular formula is C52H88O6Si2. The van der Waals surface area contributed by atoms with E-state index < -0.39 is 16.6 Å². The van der Waals surface area contributed by atoms with E-state index in [9.17, 15) is 0 Å². The Balaban J connectivity index is 2.33. The largest absolute Gasteiger partial charge is 0.496 e. The molecule has 0 heterocycles. The van der Waals surface area contributed by atoms with Crippen molar-refractivity contribution in [3.8, 4) is 23.0 Å². The zero-order valence-corrected chi connectivity index (χ0v) is 42.8. The molecule has 0 aliphatic heterocycles. The molecule has 0 saturated carbocycles. The fraction of sp³-hybridized carbons (Fsp3) is 0.692. The van der Waals surface area contributed by atoms with Crippen molar-refractivity contribution < 1.29 is 27.8 Å². The first kappa shape index (κ1) is 51.8. The van der Waals surface area contributed by atoms with Crippen LogP contribution in [0.5, 0.6) is 23.0 Å². The molecule has 6 atom stereocenters. The minimum atomic E-state index is -1.98. The number of unbranched alkanes of at least 4 members (excludes halogenated alkanes) is 2. The molecule has 0 unspecified atom stereocenters. The second-order valence-corrected chi connectivity index (χ2v) is 27.2. The first-order valence-electron chi connectivity index (χ1n) is 24.1. The molecule has 0 fully saturated rings. The second kappa shape index (κ2) is 26.2. The van der Waals surface area contributed by atoms with Gasteiger partial charge < -0.3 is 27.8 Å². The van der Waals surface area contributed by atoms with Crippen molar-refractivity contribution in [2.24, 2.45) is 11.8 Å². The van der Waals surface area contributed by atoms with Crippen molar-refractivity contribution in [2.75, 3.05) is 28.4 Å². The molecule has 0 spiro atoms. The first-order chi connectivity index (χ1) is 29.0. The summed E-state index contributed by atoms with van der Waals surface area (Å²) in [6.45, 7) is 23.2. The van der Waals surface area contributed by atoms with Gasteiger partial charge in [0.15, 0.2) is 16.6 Å². The Bertz CT molecular complexity index is 1410. The lowest BCUT2D eigenvalue weighted by Crippen LogP contribution is -2.38. The van der Waals surface area contributed by atoms with Crippen molar-refractivity contribution in [2.45, 2.75) is 194 Å². The van der Waals surface area contributed by atoms with Gasteiger partial charge >= 0.3 is 0 Å². The van der Waals surface area contributed by atoms with Crippen LogP contribution in [0, 0.1) is 11.8 Å². The number of allylic oxidation sites excluding steroid dienone is 4. The van der Waals surface area contributed by atoms with Gasteiger partial charge in [-0.25, -0.2) is 0 Å². The Morgan fingerprint density at radius 2 is 0.733 bits per heavy atom. The van der Waals surface area contributed by atoms with E-state index in [0.29, 0.717) is 0 Å². The Hall–Kier alpha value is -2.53. The highest BCUT2D eigenvalue weighted by molar-refractivity contribution is 6.74. The lowest BCUT2D eigenvalue weighted by molar-refractivity contribution is 0.131. The van der Waals surface area contributed by atoms with Gasteiger partial charge in [0, 0.05) is 11.1 Å². The fourth-order valence-corrected chi connectivity index (χ4v) is 15.5. The zero-order chi connectivity index (χ0) is 44.3. The Labute approximate surface area is 370 Å². The van der Waals surface area contributed by atoms with Gasteiger partial charge in [-0.2, -0.15) is 0 Å². The number of methoxy groups -OCH3 is 4. The quantitative estimate of drug-likeness (QED) is 0.0976. The third-order valence-corrected chi connectivity index (χ3v) is 23.5. The van der Waals surface area contributed by atoms with Gasteiger partial charge in [-0.3, -0.25) is 0 Å². The summed E-state index contributed by atoms with van der Waals surface area (Å²) in [5, 5.41) is 0. The van der Waals surface area contributed by atoms with Gasteiger partial charge in [0.25, 0.3) is 0 Å². The Kier molecular flexibility index (Phi) is 22.6. The Morgan fingerprint density at radius 3 is 0.983 bits per heavy atom. The van der Waals surface area contributed by atoms with Crippen LogP contribution >= 0.6 is 0 Å². The number of hydrogen-bond acceptors (Lipinski definition) is 6. The summed E-state index contributed by atoms with van der Waals surface area (Å²) in [6, 6.07) is 15.7. The van der Waals surface area contributed by atoms with Crippen molar-refractivity contribution in [3.05, 3.63) is 70.8 Å². The van der Waals surface area contributed by atoms with Crippen molar-refractivity contribution >= 4 is 16.6 Å². The lowest BCUT2D eigenvalue weighted by Gasteiger charge is -2.37. The van der Waals surface area contributed by atoms with E-state index >= 15 is 0 Å². The molecule has 0 radical (unpaired) electrons. The molecule has 0 aromatic heterocycles. The minimum Gasteiger partial charge on any atom is -0.496 e. The molecule has 340 valence electrons. The highest BCUT2D eigenvalue weighted by Gasteiger charge is 2.37. The predicted octanol–water partition coefficient (Wildman–Crippen LogP) is 16.1. The van der Waals surface area contributed by atoms with Crippen molar-refractivity contribution in [3.63, 3.8) is 0 Å². The number of benzene rings is 2. The van der Waals surface area contributed by atoms with E-state index in [1.54, 1.807) is 0 Å². The van der Waals surface area contributed by atoms with Crippen LogP contribution in [0.2, 0.25) is 36.3 Å². The van der Waals surface area contributed by atoms with E-state index in [4.69, 9.17) is 27.8 Å². The van der Waals surface area contributed by atoms with Crippen LogP contribution in [0.1, 0.15) is 180 Å². The monoisotopic (exact) mass is 865 g/mol. The van der Waals surface area contributed by atoms with Gasteiger partial charge in [-0.15, -0.1) is 0 Å². The van der Waals surface area contributed by atoms with E-state index in [-0.39, 0.29) is 35.9 Å². The Morgan fingerprint density at radius 1 is 0.450 bits per heavy atom. The standard InChI is InChI=1S/C52H88O6Si2/c1-15-23-31-41-33-27-25-29-39(9)52(58-60(20-6,21-7)22-8)44-37-47(55-13)50(48(38-44)56-14)42(32-24-16-2)34-28-26-30-40(10)51(57-59(17-3,18-4)19-5)43-35-45(53-11)49(41)46(36-43)54-12/h25-28,35-42,51-52H,15-24,29-34H2,1-14H3/b27-25-,28-26-/t39-,40-,41-,42-,51+,52+/m0/s1. The number of hydrogen-bond donors (Lipinski definition) is 0. The molecule has 4 aliphatic rings. The van der Waals surface area contributed by atoms with E-state index in [1.807, 2.05) is 28.4 Å². The number of rotatable bonds is 20. The molecule has 60 heavy (non-hydrogen) atoms. The average Bonchev–Trinajstić information content (AvgIpc) is 3.28. The zero-order valence-electron chi connectivity index (χ0n) is 40.8. The SMILES string of the molecule is CCCC[C@H]1C/C=C\C[C@H](C)[C@@H](O[Si](CC)(CC)CC)c2cc(OC)c(c(OC)c2)[C@@H](CCCC)C/C=C\C[C@H](C)[C@@H](O[Si](CC)(CC)CC)c2cc(OC)c1c(OC)c2. The molecule has 2 aromatic carbocycles. The van der Waals surface area contributed by atoms with Gasteiger partial charge in [-0.1, -0.05) is 119 Å². The van der Waals surface area contributed by atoms with Crippen LogP contribution in [-0.4, -0.2) is 45.1 Å². The average molecular weight is 865 g/mol. The summed E-state index contributed by atoms with van der Waals surface area (Å²) >= 11 is 0. The summed E-state index contributed by atoms with van der Waals surface area (Å²) in [5.74, 6) is 4.68. The molecule has 6 rings (SSSR count). The molecule has 0 N–H and O–H groups in total. The predicted molar refractivity (Wildman–Crippen MR) is 261 cm³/mol. The molecule has 4 bridgehead atoms. The number of ether oxygens (including phenoxy) is 4. The maximum Gasteiger partial charge on any atom is 0.192 e. The molecule has 6 nitrogen and oxygen atoms in total.